The quantitative estimate of drug-likeness (QED) is 0.115. The Morgan fingerprint density at radius 1 is 0.281 bits per heavy atom. The van der Waals surface area contributed by atoms with Crippen LogP contribution in [0.3, 0.4) is 0 Å². The second kappa shape index (κ2) is 17.9. The Labute approximate surface area is 377 Å². The Kier molecular flexibility index (Phi) is 11.2. The van der Waals surface area contributed by atoms with Crippen molar-refractivity contribution in [2.75, 3.05) is 34.3 Å². The largest absolute Gasteiger partial charge is 0.342 e. The first kappa shape index (κ1) is 40.3. The second-order valence-electron chi connectivity index (χ2n) is 16.2. The molecule has 0 amide bonds. The molecule has 64 heavy (non-hydrogen) atoms. The molecule has 0 N–H and O–H groups in total. The topological polar surface area (TPSA) is 14.7 Å². The maximum absolute atomic E-state index is 2.42. The summed E-state index contributed by atoms with van der Waals surface area (Å²) in [5, 5.41) is 2.46. The molecule has 0 aliphatic rings. The summed E-state index contributed by atoms with van der Waals surface area (Å²) < 4.78 is 2.42. The third-order valence-electron chi connectivity index (χ3n) is 12.6. The van der Waals surface area contributed by atoms with Crippen LogP contribution in [0.5, 0.6) is 0 Å². The van der Waals surface area contributed by atoms with Crippen LogP contribution in [0.4, 0.5) is 34.1 Å². The van der Waals surface area contributed by atoms with Gasteiger partial charge in [0.1, 0.15) is 0 Å². The smallest absolute Gasteiger partial charge is 0.0541 e. The summed E-state index contributed by atoms with van der Waals surface area (Å²) in [5.41, 5.74) is 17.8. The van der Waals surface area contributed by atoms with Crippen LogP contribution in [0.1, 0.15) is 20.8 Å². The highest BCUT2D eigenvalue weighted by Gasteiger charge is 2.17. The fourth-order valence-corrected chi connectivity index (χ4v) is 9.33. The number of hydrogen-bond acceptors (Lipinski definition) is 3. The van der Waals surface area contributed by atoms with E-state index in [1.165, 1.54) is 89.3 Å². The lowest BCUT2D eigenvalue weighted by molar-refractivity contribution is 1.02. The van der Waals surface area contributed by atoms with Gasteiger partial charge in [-0.1, -0.05) is 115 Å². The molecule has 0 atom stereocenters. The summed E-state index contributed by atoms with van der Waals surface area (Å²) >= 11 is 0. The van der Waals surface area contributed by atoms with Crippen molar-refractivity contribution < 1.29 is 0 Å². The molecular formula is C60H52N4. The maximum Gasteiger partial charge on any atom is 0.0541 e. The highest BCUT2D eigenvalue weighted by Crippen LogP contribution is 2.39. The van der Waals surface area contributed by atoms with Crippen LogP contribution in [-0.2, 0) is 0 Å². The molecule has 0 aliphatic carbocycles. The van der Waals surface area contributed by atoms with Gasteiger partial charge in [-0.05, 0) is 163 Å². The van der Waals surface area contributed by atoms with Crippen molar-refractivity contribution in [2.45, 2.75) is 20.8 Å². The lowest BCUT2D eigenvalue weighted by Crippen LogP contribution is -2.15. The summed E-state index contributed by atoms with van der Waals surface area (Å²) in [6, 6.07) is 81.8. The standard InChI is InChI=1S/C60H52N4/c1-4-61(50-16-10-7-11-17-50)53-32-22-44(23-33-53)45-28-38-56(39-29-45)64-59-40-30-48(46-24-34-54(35-25-46)62(5-2)51-18-12-8-13-19-51)42-57(59)58-43-49(31-41-60(58)64)47-26-36-55(37-27-47)63(6-3)52-20-14-9-15-21-52/h7-43H,4-6H2,1-3H3. The molecule has 0 bridgehead atoms. The zero-order valence-electron chi connectivity index (χ0n) is 36.8. The van der Waals surface area contributed by atoms with Crippen molar-refractivity contribution >= 4 is 55.9 Å². The molecule has 1 aromatic heterocycles. The van der Waals surface area contributed by atoms with Crippen LogP contribution in [0, 0.1) is 0 Å². The van der Waals surface area contributed by atoms with Crippen molar-refractivity contribution in [3.63, 3.8) is 0 Å². The van der Waals surface area contributed by atoms with Crippen LogP contribution in [0.15, 0.2) is 224 Å². The SMILES string of the molecule is CCN(c1ccccc1)c1ccc(-c2ccc(-n3c4ccc(-c5ccc(N(CC)c6ccccc6)cc5)cc4c4cc(-c5ccc(N(CC)c6ccccc6)cc5)ccc43)cc2)cc1. The number of nitrogens with zero attached hydrogens (tertiary/aromatic N) is 4. The molecule has 0 spiro atoms. The van der Waals surface area contributed by atoms with Gasteiger partial charge < -0.3 is 19.3 Å². The number of hydrogen-bond donors (Lipinski definition) is 0. The van der Waals surface area contributed by atoms with Gasteiger partial charge in [-0.25, -0.2) is 0 Å². The molecule has 0 saturated carbocycles. The molecule has 10 aromatic rings. The molecule has 10 rings (SSSR count). The highest BCUT2D eigenvalue weighted by molar-refractivity contribution is 6.11. The predicted molar refractivity (Wildman–Crippen MR) is 274 cm³/mol. The lowest BCUT2D eigenvalue weighted by Gasteiger charge is -2.23. The number of fused-ring (bicyclic) bond motifs is 3. The monoisotopic (exact) mass is 828 g/mol. The van der Waals surface area contributed by atoms with Gasteiger partial charge in [0.25, 0.3) is 0 Å². The number of anilines is 6. The van der Waals surface area contributed by atoms with Gasteiger partial charge in [0.2, 0.25) is 0 Å². The van der Waals surface area contributed by atoms with E-state index in [-0.39, 0.29) is 0 Å². The van der Waals surface area contributed by atoms with E-state index in [1.807, 2.05) is 0 Å². The average molecular weight is 829 g/mol. The summed E-state index contributed by atoms with van der Waals surface area (Å²) in [6.45, 7) is 9.29. The molecule has 1 heterocycles. The summed E-state index contributed by atoms with van der Waals surface area (Å²) in [4.78, 5) is 7.04. The van der Waals surface area contributed by atoms with Crippen molar-refractivity contribution in [1.82, 2.24) is 4.57 Å². The molecule has 4 nitrogen and oxygen atoms in total. The normalized spacial score (nSPS) is 11.2. The van der Waals surface area contributed by atoms with E-state index in [2.05, 4.69) is 264 Å². The Morgan fingerprint density at radius 2 is 0.547 bits per heavy atom. The van der Waals surface area contributed by atoms with Crippen LogP contribution in [0.2, 0.25) is 0 Å². The molecule has 312 valence electrons. The zero-order valence-corrected chi connectivity index (χ0v) is 36.8. The maximum atomic E-state index is 2.42. The average Bonchev–Trinajstić information content (AvgIpc) is 3.69. The van der Waals surface area contributed by atoms with E-state index in [0.29, 0.717) is 0 Å². The van der Waals surface area contributed by atoms with Gasteiger partial charge in [0, 0.05) is 70.2 Å². The minimum Gasteiger partial charge on any atom is -0.342 e. The number of benzene rings is 9. The molecule has 9 aromatic carbocycles. The van der Waals surface area contributed by atoms with Crippen molar-refractivity contribution in [3.8, 4) is 39.1 Å². The Balaban J connectivity index is 1.02. The second-order valence-corrected chi connectivity index (χ2v) is 16.2. The number of aromatic nitrogens is 1. The summed E-state index contributed by atoms with van der Waals surface area (Å²) in [7, 11) is 0. The fourth-order valence-electron chi connectivity index (χ4n) is 9.33. The van der Waals surface area contributed by atoms with Gasteiger partial charge >= 0.3 is 0 Å². The van der Waals surface area contributed by atoms with E-state index in [1.54, 1.807) is 0 Å². The Morgan fingerprint density at radius 3 is 0.859 bits per heavy atom. The van der Waals surface area contributed by atoms with Gasteiger partial charge in [-0.3, -0.25) is 0 Å². The molecule has 0 fully saturated rings. The summed E-state index contributed by atoms with van der Waals surface area (Å²) in [5.74, 6) is 0. The van der Waals surface area contributed by atoms with Crippen LogP contribution >= 0.6 is 0 Å². The first-order valence-corrected chi connectivity index (χ1v) is 22.6. The van der Waals surface area contributed by atoms with E-state index in [9.17, 15) is 0 Å². The molecule has 0 aliphatic heterocycles. The van der Waals surface area contributed by atoms with Crippen molar-refractivity contribution in [3.05, 3.63) is 224 Å². The molecular weight excluding hydrogens is 777 g/mol. The molecule has 0 saturated heterocycles. The minimum atomic E-state index is 0.892. The third-order valence-corrected chi connectivity index (χ3v) is 12.6. The zero-order chi connectivity index (χ0) is 43.4. The van der Waals surface area contributed by atoms with Gasteiger partial charge in [0.15, 0.2) is 0 Å². The third kappa shape index (κ3) is 7.80. The molecule has 0 radical (unpaired) electrons. The van der Waals surface area contributed by atoms with Crippen LogP contribution < -0.4 is 14.7 Å². The van der Waals surface area contributed by atoms with Gasteiger partial charge in [-0.2, -0.15) is 0 Å². The Bertz CT molecular complexity index is 2970. The van der Waals surface area contributed by atoms with E-state index >= 15 is 0 Å². The van der Waals surface area contributed by atoms with E-state index in [0.717, 1.165) is 25.3 Å². The molecule has 4 heteroatoms. The fraction of sp³-hybridized carbons (Fsp3) is 0.100. The first-order chi connectivity index (χ1) is 31.6. The highest BCUT2D eigenvalue weighted by atomic mass is 15.1. The van der Waals surface area contributed by atoms with Gasteiger partial charge in [-0.15, -0.1) is 0 Å². The minimum absolute atomic E-state index is 0.892. The van der Waals surface area contributed by atoms with Crippen LogP contribution in [0.25, 0.3) is 60.9 Å². The number of para-hydroxylation sites is 3. The van der Waals surface area contributed by atoms with Crippen LogP contribution in [-0.4, -0.2) is 24.2 Å². The lowest BCUT2D eigenvalue weighted by atomic mass is 10.00. The van der Waals surface area contributed by atoms with Crippen molar-refractivity contribution in [2.24, 2.45) is 0 Å². The van der Waals surface area contributed by atoms with E-state index in [4.69, 9.17) is 0 Å². The first-order valence-electron chi connectivity index (χ1n) is 22.6. The Hall–Kier alpha value is -7.82. The summed E-state index contributed by atoms with van der Waals surface area (Å²) in [6.07, 6.45) is 0. The number of rotatable bonds is 13. The van der Waals surface area contributed by atoms with Crippen molar-refractivity contribution in [1.29, 1.82) is 0 Å². The molecule has 0 unspecified atom stereocenters. The van der Waals surface area contributed by atoms with E-state index < -0.39 is 0 Å². The predicted octanol–water partition coefficient (Wildman–Crippen LogP) is 16.3. The van der Waals surface area contributed by atoms with Gasteiger partial charge in [0.05, 0.1) is 11.0 Å².